The number of nitrogens with zero attached hydrogens (tertiary/aromatic N) is 1. The smallest absolute Gasteiger partial charge is 0.341 e. The van der Waals surface area contributed by atoms with Gasteiger partial charge in [-0.15, -0.1) is 12.4 Å². The predicted octanol–water partition coefficient (Wildman–Crippen LogP) is 2.25. The monoisotopic (exact) mass is 408 g/mol. The SMILES string of the molecule is Cl.O=C(Cc1ccc(S(=O)(=O)C(F)F)cc1)N1CCC2(CCNC2)CC1. The van der Waals surface area contributed by atoms with Crippen LogP contribution < -0.4 is 5.32 Å². The van der Waals surface area contributed by atoms with Crippen LogP contribution in [0.2, 0.25) is 0 Å². The van der Waals surface area contributed by atoms with Gasteiger partial charge in [-0.05, 0) is 48.9 Å². The number of rotatable bonds is 4. The van der Waals surface area contributed by atoms with Gasteiger partial charge in [0.1, 0.15) is 0 Å². The van der Waals surface area contributed by atoms with Crippen molar-refractivity contribution >= 4 is 28.2 Å². The fourth-order valence-electron chi connectivity index (χ4n) is 3.64. The third kappa shape index (κ3) is 4.35. The number of piperidine rings is 1. The molecule has 1 aromatic carbocycles. The van der Waals surface area contributed by atoms with Gasteiger partial charge in [0.05, 0.1) is 11.3 Å². The van der Waals surface area contributed by atoms with Crippen LogP contribution >= 0.6 is 12.4 Å². The number of likely N-dealkylation sites (tertiary alicyclic amines) is 1. The van der Waals surface area contributed by atoms with Gasteiger partial charge in [0, 0.05) is 19.6 Å². The third-order valence-corrected chi connectivity index (χ3v) is 6.75. The molecule has 0 aromatic heterocycles. The number of alkyl halides is 2. The molecule has 26 heavy (non-hydrogen) atoms. The number of nitrogens with one attached hydrogen (secondary N) is 1. The highest BCUT2D eigenvalue weighted by atomic mass is 35.5. The largest absolute Gasteiger partial charge is 0.342 e. The summed E-state index contributed by atoms with van der Waals surface area (Å²) in [6, 6.07) is 5.14. The second-order valence-electron chi connectivity index (χ2n) is 6.93. The Morgan fingerprint density at radius 1 is 1.15 bits per heavy atom. The first-order valence-corrected chi connectivity index (χ1v) is 9.97. The molecule has 0 atom stereocenters. The highest BCUT2D eigenvalue weighted by molar-refractivity contribution is 7.91. The lowest BCUT2D eigenvalue weighted by molar-refractivity contribution is -0.132. The van der Waals surface area contributed by atoms with Crippen LogP contribution in [0.25, 0.3) is 0 Å². The van der Waals surface area contributed by atoms with Crippen LogP contribution in [0.15, 0.2) is 29.2 Å². The summed E-state index contributed by atoms with van der Waals surface area (Å²) in [7, 11) is -4.59. The standard InChI is InChI=1S/C17H22F2N2O3S.ClH/c18-16(19)25(23,24)14-3-1-13(2-4-14)11-15(22)21-9-6-17(7-10-21)5-8-20-12-17;/h1-4,16,20H,5-12H2;1H. The van der Waals surface area contributed by atoms with Crippen molar-refractivity contribution in [1.29, 1.82) is 0 Å². The molecule has 3 rings (SSSR count). The minimum absolute atomic E-state index is 0. The van der Waals surface area contributed by atoms with Crippen LogP contribution in [0.5, 0.6) is 0 Å². The number of hydrogen-bond donors (Lipinski definition) is 1. The molecule has 1 aromatic rings. The van der Waals surface area contributed by atoms with Crippen molar-refractivity contribution < 1.29 is 22.0 Å². The number of carbonyl (C=O) groups excluding carboxylic acids is 1. The average molecular weight is 409 g/mol. The number of carbonyl (C=O) groups is 1. The molecule has 1 N–H and O–H groups in total. The Bertz CT molecular complexity index is 725. The zero-order valence-electron chi connectivity index (χ0n) is 14.3. The van der Waals surface area contributed by atoms with Crippen LogP contribution in [0.3, 0.4) is 0 Å². The van der Waals surface area contributed by atoms with E-state index in [1.165, 1.54) is 12.1 Å². The quantitative estimate of drug-likeness (QED) is 0.829. The molecule has 9 heteroatoms. The van der Waals surface area contributed by atoms with E-state index in [-0.39, 0.29) is 24.7 Å². The summed E-state index contributed by atoms with van der Waals surface area (Å²) in [5.74, 6) is -3.45. The summed E-state index contributed by atoms with van der Waals surface area (Å²) in [5, 5.41) is 3.39. The number of sulfone groups is 1. The Labute approximate surface area is 158 Å². The summed E-state index contributed by atoms with van der Waals surface area (Å²) in [6.07, 6.45) is 3.31. The zero-order valence-corrected chi connectivity index (χ0v) is 15.9. The first-order valence-electron chi connectivity index (χ1n) is 8.42. The molecule has 5 nitrogen and oxygen atoms in total. The predicted molar refractivity (Wildman–Crippen MR) is 96.3 cm³/mol. The summed E-state index contributed by atoms with van der Waals surface area (Å²) >= 11 is 0. The first kappa shape index (κ1) is 21.1. The lowest BCUT2D eigenvalue weighted by Crippen LogP contribution is -2.44. The molecule has 0 radical (unpaired) electrons. The van der Waals surface area contributed by atoms with E-state index in [1.807, 2.05) is 4.90 Å². The minimum Gasteiger partial charge on any atom is -0.342 e. The van der Waals surface area contributed by atoms with Crippen LogP contribution in [0, 0.1) is 5.41 Å². The second kappa shape index (κ2) is 8.19. The minimum atomic E-state index is -4.59. The van der Waals surface area contributed by atoms with Gasteiger partial charge in [-0.25, -0.2) is 8.42 Å². The lowest BCUT2D eigenvalue weighted by atomic mass is 9.78. The van der Waals surface area contributed by atoms with Crippen molar-refractivity contribution in [2.45, 2.75) is 36.3 Å². The van der Waals surface area contributed by atoms with Crippen molar-refractivity contribution in [3.63, 3.8) is 0 Å². The highest BCUT2D eigenvalue weighted by Crippen LogP contribution is 2.37. The maximum absolute atomic E-state index is 12.5. The van der Waals surface area contributed by atoms with Crippen molar-refractivity contribution in [1.82, 2.24) is 10.2 Å². The van der Waals surface area contributed by atoms with E-state index < -0.39 is 20.5 Å². The molecule has 2 aliphatic heterocycles. The Hall–Kier alpha value is -1.25. The van der Waals surface area contributed by atoms with E-state index in [9.17, 15) is 22.0 Å². The molecule has 2 fully saturated rings. The van der Waals surface area contributed by atoms with Gasteiger partial charge in [0.25, 0.3) is 0 Å². The van der Waals surface area contributed by atoms with E-state index >= 15 is 0 Å². The van der Waals surface area contributed by atoms with Gasteiger partial charge in [-0.1, -0.05) is 12.1 Å². The number of benzene rings is 1. The van der Waals surface area contributed by atoms with Crippen LogP contribution in [0.4, 0.5) is 8.78 Å². The van der Waals surface area contributed by atoms with Crippen LogP contribution in [-0.2, 0) is 21.1 Å². The first-order chi connectivity index (χ1) is 11.8. The maximum Gasteiger partial charge on any atom is 0.341 e. The van der Waals surface area contributed by atoms with E-state index in [1.54, 1.807) is 0 Å². The van der Waals surface area contributed by atoms with Gasteiger partial charge in [0.2, 0.25) is 15.7 Å². The molecule has 146 valence electrons. The second-order valence-corrected chi connectivity index (χ2v) is 8.85. The average Bonchev–Trinajstić information content (AvgIpc) is 3.04. The van der Waals surface area contributed by atoms with E-state index in [0.29, 0.717) is 11.0 Å². The molecule has 0 bridgehead atoms. The number of hydrogen-bond acceptors (Lipinski definition) is 4. The fourth-order valence-corrected chi connectivity index (χ4v) is 4.36. The third-order valence-electron chi connectivity index (χ3n) is 5.35. The zero-order chi connectivity index (χ0) is 18.1. The molecule has 0 aliphatic carbocycles. The molecule has 2 heterocycles. The Morgan fingerprint density at radius 3 is 2.27 bits per heavy atom. The van der Waals surface area contributed by atoms with Gasteiger partial charge in [-0.2, -0.15) is 8.78 Å². The number of halogens is 3. The van der Waals surface area contributed by atoms with Crippen LogP contribution in [0.1, 0.15) is 24.8 Å². The summed E-state index contributed by atoms with van der Waals surface area (Å²) < 4.78 is 47.9. The van der Waals surface area contributed by atoms with Gasteiger partial charge in [-0.3, -0.25) is 4.79 Å². The topological polar surface area (TPSA) is 66.5 Å². The van der Waals surface area contributed by atoms with Crippen molar-refractivity contribution in [2.24, 2.45) is 5.41 Å². The summed E-state index contributed by atoms with van der Waals surface area (Å²) in [5.41, 5.74) is 0.961. The maximum atomic E-state index is 12.5. The molecule has 1 amide bonds. The van der Waals surface area contributed by atoms with Gasteiger partial charge < -0.3 is 10.2 Å². The summed E-state index contributed by atoms with van der Waals surface area (Å²) in [6.45, 7) is 3.54. The van der Waals surface area contributed by atoms with Crippen molar-refractivity contribution in [3.8, 4) is 0 Å². The Morgan fingerprint density at radius 2 is 1.77 bits per heavy atom. The number of amides is 1. The molecule has 0 saturated carbocycles. The van der Waals surface area contributed by atoms with Crippen molar-refractivity contribution in [2.75, 3.05) is 26.2 Å². The summed E-state index contributed by atoms with van der Waals surface area (Å²) in [4.78, 5) is 13.8. The van der Waals surface area contributed by atoms with Crippen LogP contribution in [-0.4, -0.2) is 51.2 Å². The normalized spacial score (nSPS) is 19.6. The molecular formula is C17H23ClF2N2O3S. The molecule has 0 unspecified atom stereocenters. The van der Waals surface area contributed by atoms with Crippen molar-refractivity contribution in [3.05, 3.63) is 29.8 Å². The van der Waals surface area contributed by atoms with E-state index in [2.05, 4.69) is 5.32 Å². The fraction of sp³-hybridized carbons (Fsp3) is 0.588. The molecule has 2 saturated heterocycles. The lowest BCUT2D eigenvalue weighted by Gasteiger charge is -2.39. The molecule has 2 aliphatic rings. The Balaban J connectivity index is 0.00000243. The Kier molecular flexibility index (Phi) is 6.63. The molecular weight excluding hydrogens is 386 g/mol. The highest BCUT2D eigenvalue weighted by Gasteiger charge is 2.37. The van der Waals surface area contributed by atoms with Gasteiger partial charge in [0.15, 0.2) is 0 Å². The van der Waals surface area contributed by atoms with E-state index in [4.69, 9.17) is 0 Å². The molecule has 1 spiro atoms. The van der Waals surface area contributed by atoms with E-state index in [0.717, 1.165) is 57.6 Å². The van der Waals surface area contributed by atoms with Gasteiger partial charge >= 0.3 is 5.76 Å².